The molecule has 5 rings (SSSR count). The minimum absolute atomic E-state index is 0.0392. The molecule has 0 bridgehead atoms. The summed E-state index contributed by atoms with van der Waals surface area (Å²) in [7, 11) is 0. The largest absolute Gasteiger partial charge is 0.462 e. The number of anilines is 2. The van der Waals surface area contributed by atoms with E-state index in [0.29, 0.717) is 38.2 Å². The van der Waals surface area contributed by atoms with Crippen molar-refractivity contribution in [1.82, 2.24) is 20.3 Å². The van der Waals surface area contributed by atoms with Crippen molar-refractivity contribution < 1.29 is 18.7 Å². The Labute approximate surface area is 219 Å². The van der Waals surface area contributed by atoms with Crippen molar-refractivity contribution >= 4 is 23.3 Å². The van der Waals surface area contributed by atoms with E-state index >= 15 is 0 Å². The van der Waals surface area contributed by atoms with E-state index < -0.39 is 23.4 Å². The number of ether oxygens (including phenoxy) is 1. The molecule has 200 valence electrons. The molecule has 3 heterocycles. The second kappa shape index (κ2) is 10.4. The lowest BCUT2D eigenvalue weighted by molar-refractivity contribution is 0.0928. The highest BCUT2D eigenvalue weighted by molar-refractivity contribution is 5.96. The molecule has 1 saturated heterocycles. The molecule has 12 heteroatoms. The van der Waals surface area contributed by atoms with Crippen molar-refractivity contribution in [3.63, 3.8) is 0 Å². The van der Waals surface area contributed by atoms with E-state index in [4.69, 9.17) is 16.2 Å². The molecular weight excluding hydrogens is 491 g/mol. The van der Waals surface area contributed by atoms with Gasteiger partial charge in [0.2, 0.25) is 0 Å². The minimum Gasteiger partial charge on any atom is -0.462 e. The minimum atomic E-state index is -0.906. The quantitative estimate of drug-likeness (QED) is 0.470. The molecule has 2 saturated carbocycles. The summed E-state index contributed by atoms with van der Waals surface area (Å²) in [6.45, 7) is 1.40. The molecule has 5 N–H and O–H groups in total. The summed E-state index contributed by atoms with van der Waals surface area (Å²) in [5.41, 5.74) is 11.9. The van der Waals surface area contributed by atoms with Crippen molar-refractivity contribution in [2.24, 2.45) is 11.1 Å². The van der Waals surface area contributed by atoms with E-state index in [1.165, 1.54) is 0 Å². The number of nitrogens with one attached hydrogen (secondary N) is 1. The van der Waals surface area contributed by atoms with Crippen molar-refractivity contribution in [3.8, 4) is 12.1 Å². The Morgan fingerprint density at radius 1 is 1.18 bits per heavy atom. The van der Waals surface area contributed by atoms with Crippen LogP contribution in [-0.2, 0) is 0 Å². The molecule has 38 heavy (non-hydrogen) atoms. The summed E-state index contributed by atoms with van der Waals surface area (Å²) in [6, 6.07) is 7.17. The van der Waals surface area contributed by atoms with E-state index in [1.54, 1.807) is 12.1 Å². The molecule has 0 spiro atoms. The molecular formula is C26H31FN8O3. The molecule has 2 aromatic rings. The maximum Gasteiger partial charge on any atom is 0.319 e. The number of nitriles is 1. The third-order valence-corrected chi connectivity index (χ3v) is 7.62. The highest BCUT2D eigenvalue weighted by atomic mass is 19.1. The van der Waals surface area contributed by atoms with Crippen molar-refractivity contribution in [2.75, 3.05) is 30.3 Å². The number of nitrogen functional groups attached to an aromatic ring is 1. The van der Waals surface area contributed by atoms with Gasteiger partial charge in [0.25, 0.3) is 11.8 Å². The molecule has 2 aliphatic carbocycles. The molecule has 11 nitrogen and oxygen atoms in total. The molecule has 1 aliphatic heterocycles. The number of amides is 2. The lowest BCUT2D eigenvalue weighted by Crippen LogP contribution is -2.36. The standard InChI is InChI=1S/C26H31FN8O3/c27-16-1-2-17(11-16)31-24(37)20-12-21(34-25(33-20)38-14-26(13-28)7-8-26)35-9-5-15(6-10-35)19-4-3-18(29)22(32-19)23(30)36/h3-4,12,15-17H,1-2,5-11,14,29H2,(H2,30,36)(H,31,37)/t16-,17-/m0/s1. The average molecular weight is 523 g/mol. The topological polar surface area (TPSA) is 173 Å². The maximum atomic E-state index is 13.6. The second-order valence-electron chi connectivity index (χ2n) is 10.5. The molecule has 3 fully saturated rings. The first-order valence-corrected chi connectivity index (χ1v) is 12.9. The molecule has 2 aromatic heterocycles. The predicted molar refractivity (Wildman–Crippen MR) is 136 cm³/mol. The van der Waals surface area contributed by atoms with E-state index in [2.05, 4.69) is 26.3 Å². The van der Waals surface area contributed by atoms with Crippen molar-refractivity contribution in [3.05, 3.63) is 35.3 Å². The van der Waals surface area contributed by atoms with Crippen LogP contribution in [0.3, 0.4) is 0 Å². The number of halogens is 1. The Hall–Kier alpha value is -4.01. The third kappa shape index (κ3) is 5.61. The second-order valence-corrected chi connectivity index (χ2v) is 10.5. The predicted octanol–water partition coefficient (Wildman–Crippen LogP) is 2.24. The van der Waals surface area contributed by atoms with Gasteiger partial charge in [-0.1, -0.05) is 0 Å². The zero-order chi connectivity index (χ0) is 26.9. The fourth-order valence-electron chi connectivity index (χ4n) is 5.03. The van der Waals surface area contributed by atoms with Gasteiger partial charge in [-0.2, -0.15) is 15.2 Å². The molecule has 0 unspecified atom stereocenters. The van der Waals surface area contributed by atoms with Crippen LogP contribution in [0.15, 0.2) is 18.2 Å². The summed E-state index contributed by atoms with van der Waals surface area (Å²) in [5, 5.41) is 12.3. The van der Waals surface area contributed by atoms with Crippen LogP contribution in [0.1, 0.15) is 77.5 Å². The summed E-state index contributed by atoms with van der Waals surface area (Å²) >= 11 is 0. The van der Waals surface area contributed by atoms with Crippen LogP contribution in [0.4, 0.5) is 15.9 Å². The van der Waals surface area contributed by atoms with Gasteiger partial charge in [-0.15, -0.1) is 0 Å². The fraction of sp³-hybridized carbons (Fsp3) is 0.538. The zero-order valence-electron chi connectivity index (χ0n) is 21.0. The number of aromatic nitrogens is 3. The Balaban J connectivity index is 1.32. The van der Waals surface area contributed by atoms with Crippen LogP contribution < -0.4 is 26.4 Å². The number of hydrogen-bond acceptors (Lipinski definition) is 9. The molecule has 2 amide bonds. The Kier molecular flexibility index (Phi) is 7.01. The number of pyridine rings is 1. The van der Waals surface area contributed by atoms with E-state index in [-0.39, 0.29) is 41.7 Å². The normalized spacial score (nSPS) is 22.5. The van der Waals surface area contributed by atoms with Gasteiger partial charge < -0.3 is 26.4 Å². The van der Waals surface area contributed by atoms with Crippen molar-refractivity contribution in [1.29, 1.82) is 5.26 Å². The van der Waals surface area contributed by atoms with Gasteiger partial charge in [0, 0.05) is 36.8 Å². The summed E-state index contributed by atoms with van der Waals surface area (Å²) < 4.78 is 19.4. The van der Waals surface area contributed by atoms with Crippen LogP contribution in [-0.4, -0.2) is 58.7 Å². The van der Waals surface area contributed by atoms with Crippen LogP contribution in [0.25, 0.3) is 0 Å². The van der Waals surface area contributed by atoms with Crippen LogP contribution in [0, 0.1) is 16.7 Å². The van der Waals surface area contributed by atoms with Gasteiger partial charge in [0.1, 0.15) is 24.3 Å². The van der Waals surface area contributed by atoms with Crippen molar-refractivity contribution in [2.45, 2.75) is 63.1 Å². The number of carbonyl (C=O) groups is 2. The first-order chi connectivity index (χ1) is 18.2. The number of carbonyl (C=O) groups excluding carboxylic acids is 2. The summed E-state index contributed by atoms with van der Waals surface area (Å²) in [6.07, 6.45) is 3.38. The monoisotopic (exact) mass is 522 g/mol. The molecule has 0 radical (unpaired) electrons. The van der Waals surface area contributed by atoms with Gasteiger partial charge in [-0.05, 0) is 57.1 Å². The molecule has 2 atom stereocenters. The number of piperidine rings is 1. The summed E-state index contributed by atoms with van der Waals surface area (Å²) in [5.74, 6) is -0.422. The fourth-order valence-corrected chi connectivity index (χ4v) is 5.03. The average Bonchev–Trinajstić information content (AvgIpc) is 3.60. The Morgan fingerprint density at radius 3 is 2.58 bits per heavy atom. The highest BCUT2D eigenvalue weighted by Gasteiger charge is 2.44. The number of nitrogens with two attached hydrogens (primary N) is 2. The summed E-state index contributed by atoms with van der Waals surface area (Å²) in [4.78, 5) is 39.9. The number of hydrogen-bond donors (Lipinski definition) is 3. The lowest BCUT2D eigenvalue weighted by Gasteiger charge is -2.33. The van der Waals surface area contributed by atoms with E-state index in [1.807, 2.05) is 11.0 Å². The molecule has 0 aromatic carbocycles. The van der Waals surface area contributed by atoms with Gasteiger partial charge in [0.15, 0.2) is 5.69 Å². The van der Waals surface area contributed by atoms with E-state index in [9.17, 15) is 19.2 Å². The first kappa shape index (κ1) is 25.6. The smallest absolute Gasteiger partial charge is 0.319 e. The van der Waals surface area contributed by atoms with Crippen LogP contribution in [0.2, 0.25) is 0 Å². The third-order valence-electron chi connectivity index (χ3n) is 7.62. The van der Waals surface area contributed by atoms with E-state index in [0.717, 1.165) is 31.4 Å². The molecule has 3 aliphatic rings. The van der Waals surface area contributed by atoms with Crippen LogP contribution >= 0.6 is 0 Å². The SMILES string of the molecule is N#CC1(COc2nc(C(=O)N[C@H]3CC[C@H](F)C3)cc(N3CCC(c4ccc(N)c(C(N)=O)n4)CC3)n2)CC1. The van der Waals surface area contributed by atoms with Gasteiger partial charge in [0.05, 0.1) is 17.2 Å². The number of primary amides is 1. The first-order valence-electron chi connectivity index (χ1n) is 12.9. The van der Waals surface area contributed by atoms with Gasteiger partial charge in [-0.25, -0.2) is 9.37 Å². The maximum absolute atomic E-state index is 13.6. The number of nitrogens with zero attached hydrogens (tertiary/aromatic N) is 5. The number of rotatable bonds is 8. The van der Waals surface area contributed by atoms with Gasteiger partial charge in [-0.3, -0.25) is 9.59 Å². The number of alkyl halides is 1. The van der Waals surface area contributed by atoms with Crippen LogP contribution in [0.5, 0.6) is 6.01 Å². The highest BCUT2D eigenvalue weighted by Crippen LogP contribution is 2.45. The zero-order valence-corrected chi connectivity index (χ0v) is 21.0. The lowest BCUT2D eigenvalue weighted by atomic mass is 9.92. The van der Waals surface area contributed by atoms with Gasteiger partial charge >= 0.3 is 6.01 Å². The Bertz CT molecular complexity index is 1270. The Morgan fingerprint density at radius 2 is 1.95 bits per heavy atom.